The molecule has 0 aromatic heterocycles. The fourth-order valence-corrected chi connectivity index (χ4v) is 2.07. The van der Waals surface area contributed by atoms with E-state index in [2.05, 4.69) is 21.2 Å². The van der Waals surface area contributed by atoms with Gasteiger partial charge < -0.3 is 15.8 Å². The lowest BCUT2D eigenvalue weighted by Crippen LogP contribution is -2.14. The number of carbonyl (C=O) groups is 1. The normalized spacial score (nSPS) is 10.1. The van der Waals surface area contributed by atoms with Crippen LogP contribution in [0.4, 0.5) is 11.4 Å². The van der Waals surface area contributed by atoms with Crippen molar-refractivity contribution in [3.05, 3.63) is 52.5 Å². The number of nitrogens with one attached hydrogen (secondary N) is 1. The summed E-state index contributed by atoms with van der Waals surface area (Å²) in [7, 11) is 1.55. The van der Waals surface area contributed by atoms with Crippen LogP contribution in [-0.2, 0) is 11.2 Å². The molecule has 20 heavy (non-hydrogen) atoms. The van der Waals surface area contributed by atoms with Crippen molar-refractivity contribution >= 4 is 33.2 Å². The number of hydrogen-bond acceptors (Lipinski definition) is 3. The molecule has 0 heterocycles. The fourth-order valence-electron chi connectivity index (χ4n) is 1.80. The van der Waals surface area contributed by atoms with Crippen LogP contribution in [-0.4, -0.2) is 13.0 Å². The maximum atomic E-state index is 11.9. The van der Waals surface area contributed by atoms with E-state index in [0.717, 1.165) is 10.0 Å². The van der Waals surface area contributed by atoms with Gasteiger partial charge in [0.25, 0.3) is 0 Å². The first-order valence-electron chi connectivity index (χ1n) is 6.06. The fraction of sp³-hybridized carbons (Fsp3) is 0.133. The molecule has 0 aliphatic rings. The second-order valence-corrected chi connectivity index (χ2v) is 5.22. The number of anilines is 2. The number of halogens is 1. The Labute approximate surface area is 126 Å². The number of ether oxygens (including phenoxy) is 1. The van der Waals surface area contributed by atoms with Gasteiger partial charge in [0.2, 0.25) is 5.91 Å². The van der Waals surface area contributed by atoms with Crippen LogP contribution in [0.1, 0.15) is 5.56 Å². The summed E-state index contributed by atoms with van der Waals surface area (Å²) < 4.78 is 6.06. The number of benzene rings is 2. The van der Waals surface area contributed by atoms with E-state index in [4.69, 9.17) is 10.5 Å². The lowest BCUT2D eigenvalue weighted by atomic mass is 10.1. The van der Waals surface area contributed by atoms with Gasteiger partial charge in [0.05, 0.1) is 19.2 Å². The third-order valence-electron chi connectivity index (χ3n) is 2.79. The van der Waals surface area contributed by atoms with Gasteiger partial charge in [0.1, 0.15) is 5.75 Å². The zero-order valence-electron chi connectivity index (χ0n) is 11.0. The topological polar surface area (TPSA) is 64.3 Å². The van der Waals surface area contributed by atoms with Gasteiger partial charge in [-0.05, 0) is 35.9 Å². The van der Waals surface area contributed by atoms with Crippen molar-refractivity contribution in [2.45, 2.75) is 6.42 Å². The van der Waals surface area contributed by atoms with Crippen LogP contribution in [0.25, 0.3) is 0 Å². The number of carbonyl (C=O) groups excluding carboxylic acids is 1. The molecule has 0 fully saturated rings. The van der Waals surface area contributed by atoms with E-state index in [1.165, 1.54) is 0 Å². The van der Waals surface area contributed by atoms with Crippen LogP contribution in [0.5, 0.6) is 5.75 Å². The quantitative estimate of drug-likeness (QED) is 0.843. The smallest absolute Gasteiger partial charge is 0.228 e. The molecule has 104 valence electrons. The van der Waals surface area contributed by atoms with Gasteiger partial charge in [-0.15, -0.1) is 0 Å². The molecule has 2 aromatic rings. The second-order valence-electron chi connectivity index (χ2n) is 4.31. The average molecular weight is 335 g/mol. The summed E-state index contributed by atoms with van der Waals surface area (Å²) in [6, 6.07) is 12.8. The molecule has 0 saturated carbocycles. The SMILES string of the molecule is COc1ccc(NC(=O)Cc2ccc(Br)cc2)cc1N. The molecule has 2 rings (SSSR count). The second kappa shape index (κ2) is 6.43. The predicted octanol–water partition coefficient (Wildman–Crippen LogP) is 3.22. The number of nitrogens with two attached hydrogens (primary N) is 1. The van der Waals surface area contributed by atoms with E-state index < -0.39 is 0 Å². The Hall–Kier alpha value is -2.01. The summed E-state index contributed by atoms with van der Waals surface area (Å²) in [5, 5.41) is 2.81. The monoisotopic (exact) mass is 334 g/mol. The first-order chi connectivity index (χ1) is 9.58. The van der Waals surface area contributed by atoms with Gasteiger partial charge in [0.15, 0.2) is 0 Å². The summed E-state index contributed by atoms with van der Waals surface area (Å²) in [6.45, 7) is 0. The molecular weight excluding hydrogens is 320 g/mol. The molecule has 5 heteroatoms. The molecule has 0 radical (unpaired) electrons. The van der Waals surface area contributed by atoms with Crippen molar-refractivity contribution in [3.63, 3.8) is 0 Å². The van der Waals surface area contributed by atoms with Crippen LogP contribution in [0.2, 0.25) is 0 Å². The van der Waals surface area contributed by atoms with E-state index in [1.54, 1.807) is 25.3 Å². The molecule has 2 aromatic carbocycles. The Morgan fingerprint density at radius 3 is 2.55 bits per heavy atom. The van der Waals surface area contributed by atoms with Crippen molar-refractivity contribution in [1.29, 1.82) is 0 Å². The van der Waals surface area contributed by atoms with Gasteiger partial charge in [0, 0.05) is 10.2 Å². The van der Waals surface area contributed by atoms with Crippen molar-refractivity contribution < 1.29 is 9.53 Å². The lowest BCUT2D eigenvalue weighted by Gasteiger charge is -2.09. The molecule has 0 atom stereocenters. The molecule has 0 aliphatic heterocycles. The molecule has 4 nitrogen and oxygen atoms in total. The summed E-state index contributed by atoms with van der Waals surface area (Å²) in [6.07, 6.45) is 0.319. The van der Waals surface area contributed by atoms with Crippen molar-refractivity contribution in [2.24, 2.45) is 0 Å². The Kier molecular flexibility index (Phi) is 4.63. The zero-order chi connectivity index (χ0) is 14.5. The van der Waals surface area contributed by atoms with E-state index in [-0.39, 0.29) is 5.91 Å². The minimum Gasteiger partial charge on any atom is -0.495 e. The summed E-state index contributed by atoms with van der Waals surface area (Å²) in [5.74, 6) is 0.507. The van der Waals surface area contributed by atoms with Crippen molar-refractivity contribution in [2.75, 3.05) is 18.2 Å². The highest BCUT2D eigenvalue weighted by molar-refractivity contribution is 9.10. The maximum absolute atomic E-state index is 11.9. The number of nitrogen functional groups attached to an aromatic ring is 1. The highest BCUT2D eigenvalue weighted by Crippen LogP contribution is 2.24. The van der Waals surface area contributed by atoms with Gasteiger partial charge in [-0.25, -0.2) is 0 Å². The Balaban J connectivity index is 2.01. The minimum atomic E-state index is -0.0862. The Morgan fingerprint density at radius 2 is 1.95 bits per heavy atom. The van der Waals surface area contributed by atoms with Gasteiger partial charge in [-0.2, -0.15) is 0 Å². The molecule has 0 spiro atoms. The number of rotatable bonds is 4. The van der Waals surface area contributed by atoms with Crippen LogP contribution < -0.4 is 15.8 Å². The van der Waals surface area contributed by atoms with Gasteiger partial charge in [-0.1, -0.05) is 28.1 Å². The van der Waals surface area contributed by atoms with Gasteiger partial charge in [-0.3, -0.25) is 4.79 Å². The van der Waals surface area contributed by atoms with E-state index in [0.29, 0.717) is 23.5 Å². The minimum absolute atomic E-state index is 0.0862. The van der Waals surface area contributed by atoms with Crippen LogP contribution in [0.15, 0.2) is 46.9 Å². The van der Waals surface area contributed by atoms with E-state index >= 15 is 0 Å². The molecule has 0 bridgehead atoms. The summed E-state index contributed by atoms with van der Waals surface area (Å²) in [4.78, 5) is 11.9. The highest BCUT2D eigenvalue weighted by atomic mass is 79.9. The zero-order valence-corrected chi connectivity index (χ0v) is 12.6. The molecular formula is C15H15BrN2O2. The maximum Gasteiger partial charge on any atom is 0.228 e. The standard InChI is InChI=1S/C15H15BrN2O2/c1-20-14-7-6-12(9-13(14)17)18-15(19)8-10-2-4-11(16)5-3-10/h2-7,9H,8,17H2,1H3,(H,18,19). The Bertz CT molecular complexity index is 612. The van der Waals surface area contributed by atoms with Crippen molar-refractivity contribution in [3.8, 4) is 5.75 Å². The number of amides is 1. The largest absolute Gasteiger partial charge is 0.495 e. The molecule has 0 aliphatic carbocycles. The third-order valence-corrected chi connectivity index (χ3v) is 3.32. The number of methoxy groups -OCH3 is 1. The van der Waals surface area contributed by atoms with E-state index in [9.17, 15) is 4.79 Å². The predicted molar refractivity (Wildman–Crippen MR) is 83.9 cm³/mol. The van der Waals surface area contributed by atoms with Crippen LogP contribution in [0, 0.1) is 0 Å². The summed E-state index contributed by atoms with van der Waals surface area (Å²) in [5.41, 5.74) is 7.90. The molecule has 3 N–H and O–H groups in total. The lowest BCUT2D eigenvalue weighted by molar-refractivity contribution is -0.115. The first-order valence-corrected chi connectivity index (χ1v) is 6.85. The third kappa shape index (κ3) is 3.74. The van der Waals surface area contributed by atoms with Crippen LogP contribution in [0.3, 0.4) is 0 Å². The van der Waals surface area contributed by atoms with Crippen molar-refractivity contribution in [1.82, 2.24) is 0 Å². The summed E-state index contributed by atoms with van der Waals surface area (Å²) >= 11 is 3.36. The Morgan fingerprint density at radius 1 is 1.25 bits per heavy atom. The van der Waals surface area contributed by atoms with Crippen LogP contribution >= 0.6 is 15.9 Å². The van der Waals surface area contributed by atoms with Gasteiger partial charge >= 0.3 is 0 Å². The molecule has 0 unspecified atom stereocenters. The molecule has 0 saturated heterocycles. The highest BCUT2D eigenvalue weighted by Gasteiger charge is 2.06. The number of hydrogen-bond donors (Lipinski definition) is 2. The molecule has 1 amide bonds. The first kappa shape index (κ1) is 14.4. The average Bonchev–Trinajstić information content (AvgIpc) is 2.41. The van der Waals surface area contributed by atoms with E-state index in [1.807, 2.05) is 24.3 Å².